The summed E-state index contributed by atoms with van der Waals surface area (Å²) in [6.45, 7) is 8.19. The Morgan fingerprint density at radius 3 is 2.67 bits per heavy atom. The third-order valence-electron chi connectivity index (χ3n) is 5.04. The molecule has 0 saturated heterocycles. The molecule has 2 aromatic heterocycles. The number of amides is 1. The van der Waals surface area contributed by atoms with E-state index in [9.17, 15) is 9.59 Å². The van der Waals surface area contributed by atoms with E-state index in [0.717, 1.165) is 11.4 Å². The fourth-order valence-corrected chi connectivity index (χ4v) is 4.26. The maximum atomic E-state index is 13.1. The van der Waals surface area contributed by atoms with E-state index in [1.54, 1.807) is 25.3 Å². The first-order valence-electron chi connectivity index (χ1n) is 11.5. The molecule has 0 fully saturated rings. The molecule has 3 heterocycles. The fourth-order valence-electron chi connectivity index (χ4n) is 3.46. The number of carbonyl (C=O) groups excluding carboxylic acids is 2. The van der Waals surface area contributed by atoms with Crippen LogP contribution in [0, 0.1) is 6.92 Å². The second-order valence-electron chi connectivity index (χ2n) is 9.18. The molecule has 1 aliphatic rings. The number of hydrogen-bond donors (Lipinski definition) is 4. The third-order valence-corrected chi connectivity index (χ3v) is 5.87. The summed E-state index contributed by atoms with van der Waals surface area (Å²) in [7, 11) is 0. The van der Waals surface area contributed by atoms with E-state index >= 15 is 0 Å². The summed E-state index contributed by atoms with van der Waals surface area (Å²) in [5.41, 5.74) is 2.99. The first kappa shape index (κ1) is 25.1. The monoisotopic (exact) mass is 507 g/mol. The average Bonchev–Trinajstić information content (AvgIpc) is 3.19. The van der Waals surface area contributed by atoms with Gasteiger partial charge in [-0.3, -0.25) is 9.59 Å². The zero-order chi connectivity index (χ0) is 25.7. The van der Waals surface area contributed by atoms with Crippen molar-refractivity contribution < 1.29 is 14.3 Å². The van der Waals surface area contributed by atoms with Crippen LogP contribution in [0.3, 0.4) is 0 Å². The number of aryl methyl sites for hydroxylation is 1. The van der Waals surface area contributed by atoms with Crippen molar-refractivity contribution in [3.05, 3.63) is 53.9 Å². The minimum Gasteiger partial charge on any atom is -0.460 e. The van der Waals surface area contributed by atoms with E-state index in [-0.39, 0.29) is 18.3 Å². The van der Waals surface area contributed by atoms with Gasteiger partial charge in [-0.05, 0) is 63.5 Å². The molecule has 1 amide bonds. The van der Waals surface area contributed by atoms with Crippen molar-refractivity contribution in [3.63, 3.8) is 0 Å². The lowest BCUT2D eigenvalue weighted by Crippen LogP contribution is -2.27. The van der Waals surface area contributed by atoms with Gasteiger partial charge in [-0.2, -0.15) is 4.37 Å². The van der Waals surface area contributed by atoms with Gasteiger partial charge >= 0.3 is 5.97 Å². The smallest absolute Gasteiger partial charge is 0.308 e. The maximum Gasteiger partial charge on any atom is 0.308 e. The molecule has 0 atom stereocenters. The molecule has 0 saturated carbocycles. The number of nitrogens with zero attached hydrogens (tertiary/aromatic N) is 3. The maximum absolute atomic E-state index is 13.1. The lowest BCUT2D eigenvalue weighted by atomic mass is 10.2. The number of para-hydroxylation sites is 2. The van der Waals surface area contributed by atoms with Crippen LogP contribution in [0.4, 0.5) is 27.9 Å². The number of anilines is 4. The Bertz CT molecular complexity index is 1280. The Kier molecular flexibility index (Phi) is 7.49. The molecule has 0 unspecified atom stereocenters. The minimum absolute atomic E-state index is 0.225. The van der Waals surface area contributed by atoms with Crippen molar-refractivity contribution in [2.24, 2.45) is 4.99 Å². The molecule has 11 heteroatoms. The highest BCUT2D eigenvalue weighted by Crippen LogP contribution is 2.30. The molecule has 36 heavy (non-hydrogen) atoms. The predicted molar refractivity (Wildman–Crippen MR) is 144 cm³/mol. The Hall–Kier alpha value is -3.99. The number of rotatable bonds is 7. The van der Waals surface area contributed by atoms with Crippen LogP contribution in [0.5, 0.6) is 0 Å². The summed E-state index contributed by atoms with van der Waals surface area (Å²) in [6.07, 6.45) is 1.78. The summed E-state index contributed by atoms with van der Waals surface area (Å²) in [5.74, 6) is 0.710. The van der Waals surface area contributed by atoms with Crippen LogP contribution in [0.2, 0.25) is 0 Å². The van der Waals surface area contributed by atoms with Crippen molar-refractivity contribution in [2.75, 3.05) is 34.4 Å². The molecule has 4 rings (SSSR count). The Morgan fingerprint density at radius 2 is 1.94 bits per heavy atom. The van der Waals surface area contributed by atoms with E-state index in [1.165, 1.54) is 11.5 Å². The van der Waals surface area contributed by atoms with Crippen molar-refractivity contribution in [3.8, 4) is 0 Å². The first-order chi connectivity index (χ1) is 17.2. The van der Waals surface area contributed by atoms with Crippen molar-refractivity contribution in [2.45, 2.75) is 39.7 Å². The molecular formula is C25H29N7O3S. The van der Waals surface area contributed by atoms with Crippen molar-refractivity contribution in [1.29, 1.82) is 0 Å². The van der Waals surface area contributed by atoms with E-state index in [2.05, 4.69) is 35.6 Å². The van der Waals surface area contributed by atoms with Gasteiger partial charge in [0.1, 0.15) is 17.3 Å². The number of esters is 1. The molecule has 1 aromatic carbocycles. The van der Waals surface area contributed by atoms with Crippen LogP contribution < -0.4 is 21.3 Å². The van der Waals surface area contributed by atoms with Gasteiger partial charge in [0, 0.05) is 6.54 Å². The van der Waals surface area contributed by atoms with Crippen LogP contribution in [0.15, 0.2) is 47.6 Å². The summed E-state index contributed by atoms with van der Waals surface area (Å²) < 4.78 is 9.62. The highest BCUT2D eigenvalue weighted by Gasteiger charge is 2.21. The Balaban J connectivity index is 1.36. The van der Waals surface area contributed by atoms with E-state index in [1.807, 2.05) is 45.0 Å². The summed E-state index contributed by atoms with van der Waals surface area (Å²) in [5, 5.41) is 13.1. The largest absolute Gasteiger partial charge is 0.460 e. The number of carbonyl (C=O) groups is 2. The molecule has 188 valence electrons. The van der Waals surface area contributed by atoms with Crippen LogP contribution in [-0.4, -0.2) is 45.8 Å². The van der Waals surface area contributed by atoms with Gasteiger partial charge in [-0.1, -0.05) is 12.1 Å². The number of nitrogens with one attached hydrogen (secondary N) is 4. The Morgan fingerprint density at radius 1 is 1.17 bits per heavy atom. The normalized spacial score (nSPS) is 13.8. The average molecular weight is 508 g/mol. The van der Waals surface area contributed by atoms with Crippen molar-refractivity contribution in [1.82, 2.24) is 9.36 Å². The van der Waals surface area contributed by atoms with Gasteiger partial charge in [0.05, 0.1) is 47.5 Å². The van der Waals surface area contributed by atoms with Crippen LogP contribution in [-0.2, 0) is 9.53 Å². The highest BCUT2D eigenvalue weighted by molar-refractivity contribution is 7.10. The second-order valence-corrected chi connectivity index (χ2v) is 9.93. The SMILES string of the molecule is Cc1nsc(N=C2CNc3ccccc3N2)c1C(=O)Nc1ccc(NCCC(=O)OC(C)(C)C)nc1. The summed E-state index contributed by atoms with van der Waals surface area (Å²) >= 11 is 1.18. The number of amidine groups is 1. The highest BCUT2D eigenvalue weighted by atomic mass is 32.1. The summed E-state index contributed by atoms with van der Waals surface area (Å²) in [6, 6.07) is 11.3. The molecule has 1 aliphatic heterocycles. The van der Waals surface area contributed by atoms with Gasteiger partial charge in [-0.25, -0.2) is 9.98 Å². The number of benzene rings is 1. The van der Waals surface area contributed by atoms with E-state index < -0.39 is 5.60 Å². The molecule has 0 spiro atoms. The molecule has 10 nitrogen and oxygen atoms in total. The fraction of sp³-hybridized carbons (Fsp3) is 0.320. The lowest BCUT2D eigenvalue weighted by Gasteiger charge is -2.21. The third kappa shape index (κ3) is 6.57. The Labute approximate surface area is 213 Å². The summed E-state index contributed by atoms with van der Waals surface area (Å²) in [4.78, 5) is 33.8. The zero-order valence-corrected chi connectivity index (χ0v) is 21.5. The number of aromatic nitrogens is 2. The van der Waals surface area contributed by atoms with E-state index in [0.29, 0.717) is 46.7 Å². The molecule has 4 N–H and O–H groups in total. The molecular weight excluding hydrogens is 478 g/mol. The second kappa shape index (κ2) is 10.7. The first-order valence-corrected chi connectivity index (χ1v) is 12.3. The predicted octanol–water partition coefficient (Wildman–Crippen LogP) is 4.81. The molecule has 3 aromatic rings. The molecule has 0 radical (unpaired) electrons. The number of fused-ring (bicyclic) bond motifs is 1. The van der Waals surface area contributed by atoms with Gasteiger partial charge in [0.25, 0.3) is 5.91 Å². The standard InChI is InChI=1S/C25H29N7O3S/c1-15-22(24(36-32-15)31-20-14-27-17-7-5-6-8-18(17)30-20)23(34)29-16-9-10-19(28-13-16)26-12-11-21(33)35-25(2,3)4/h5-10,13,27H,11-12,14H2,1-4H3,(H,26,28)(H,29,34)(H,30,31). The van der Waals surface area contributed by atoms with Gasteiger partial charge < -0.3 is 26.0 Å². The van der Waals surface area contributed by atoms with Gasteiger partial charge in [0.15, 0.2) is 5.00 Å². The number of aliphatic imine (C=N–C) groups is 1. The lowest BCUT2D eigenvalue weighted by molar-refractivity contribution is -0.154. The van der Waals surface area contributed by atoms with Gasteiger partial charge in [-0.15, -0.1) is 0 Å². The number of ether oxygens (including phenoxy) is 1. The topological polar surface area (TPSA) is 130 Å². The molecule has 0 aliphatic carbocycles. The number of hydrogen-bond acceptors (Lipinski definition) is 9. The van der Waals surface area contributed by atoms with Crippen LogP contribution >= 0.6 is 11.5 Å². The quantitative estimate of drug-likeness (QED) is 0.335. The van der Waals surface area contributed by atoms with Crippen molar-refractivity contribution >= 4 is 57.1 Å². The van der Waals surface area contributed by atoms with E-state index in [4.69, 9.17) is 4.74 Å². The van der Waals surface area contributed by atoms with Gasteiger partial charge in [0.2, 0.25) is 0 Å². The number of pyridine rings is 1. The molecule has 0 bridgehead atoms. The van der Waals surface area contributed by atoms with Crippen LogP contribution in [0.25, 0.3) is 0 Å². The van der Waals surface area contributed by atoms with Crippen LogP contribution in [0.1, 0.15) is 43.2 Å². The zero-order valence-electron chi connectivity index (χ0n) is 20.6. The minimum atomic E-state index is -0.507.